The molecule has 0 atom stereocenters. The van der Waals surface area contributed by atoms with Crippen molar-refractivity contribution in [3.8, 4) is 0 Å². The van der Waals surface area contributed by atoms with Gasteiger partial charge in [-0.3, -0.25) is 4.79 Å². The Morgan fingerprint density at radius 2 is 1.90 bits per heavy atom. The standard InChI is InChI=1S/C20H17ClF3N3O2/c21-27(19(28)14-2-1-3-15(10-14)20(22,23)24)16-11-13-4-9-29-18(13)17(12-16)26-7-5-25-6-8-26/h1-4,9-12,25H,5-8H2. The molecule has 0 saturated carbocycles. The van der Waals surface area contributed by atoms with E-state index < -0.39 is 17.6 Å². The molecule has 1 saturated heterocycles. The summed E-state index contributed by atoms with van der Waals surface area (Å²) in [6.45, 7) is 3.12. The van der Waals surface area contributed by atoms with Gasteiger partial charge in [0.2, 0.25) is 0 Å². The van der Waals surface area contributed by atoms with Gasteiger partial charge < -0.3 is 14.6 Å². The Morgan fingerprint density at radius 1 is 1.14 bits per heavy atom. The van der Waals surface area contributed by atoms with E-state index in [1.807, 2.05) is 0 Å². The lowest BCUT2D eigenvalue weighted by Crippen LogP contribution is -2.43. The summed E-state index contributed by atoms with van der Waals surface area (Å²) in [5, 5.41) is 4.01. The minimum Gasteiger partial charge on any atom is -0.462 e. The Bertz CT molecular complexity index is 1040. The largest absolute Gasteiger partial charge is 0.462 e. The predicted octanol–water partition coefficient (Wildman–Crippen LogP) is 4.66. The van der Waals surface area contributed by atoms with E-state index in [-0.39, 0.29) is 5.56 Å². The molecule has 5 nitrogen and oxygen atoms in total. The van der Waals surface area contributed by atoms with Crippen LogP contribution in [0.4, 0.5) is 24.5 Å². The number of carbonyl (C=O) groups excluding carboxylic acids is 1. The van der Waals surface area contributed by atoms with Crippen LogP contribution in [-0.2, 0) is 6.18 Å². The van der Waals surface area contributed by atoms with Gasteiger partial charge in [0.1, 0.15) is 0 Å². The van der Waals surface area contributed by atoms with E-state index >= 15 is 0 Å². The van der Waals surface area contributed by atoms with Crippen molar-refractivity contribution in [1.29, 1.82) is 0 Å². The van der Waals surface area contributed by atoms with Crippen LogP contribution in [0.1, 0.15) is 15.9 Å². The molecule has 1 N–H and O–H groups in total. The third kappa shape index (κ3) is 3.90. The highest BCUT2D eigenvalue weighted by atomic mass is 35.5. The Morgan fingerprint density at radius 3 is 2.62 bits per heavy atom. The first-order valence-electron chi connectivity index (χ1n) is 8.99. The predicted molar refractivity (Wildman–Crippen MR) is 105 cm³/mol. The van der Waals surface area contributed by atoms with Crippen LogP contribution in [0.3, 0.4) is 0 Å². The van der Waals surface area contributed by atoms with Gasteiger partial charge in [-0.1, -0.05) is 6.07 Å². The van der Waals surface area contributed by atoms with Crippen molar-refractivity contribution < 1.29 is 22.4 Å². The molecular formula is C20H17ClF3N3O2. The molecule has 1 aliphatic heterocycles. The average molecular weight is 424 g/mol. The van der Waals surface area contributed by atoms with Crippen molar-refractivity contribution in [3.63, 3.8) is 0 Å². The smallest absolute Gasteiger partial charge is 0.416 e. The van der Waals surface area contributed by atoms with Gasteiger partial charge >= 0.3 is 6.18 Å². The van der Waals surface area contributed by atoms with Crippen molar-refractivity contribution in [2.45, 2.75) is 6.18 Å². The van der Waals surface area contributed by atoms with E-state index in [0.717, 1.165) is 53.8 Å². The normalized spacial score (nSPS) is 15.0. The Labute approximate surface area is 169 Å². The number of hydrogen-bond acceptors (Lipinski definition) is 4. The van der Waals surface area contributed by atoms with Crippen LogP contribution in [0.2, 0.25) is 0 Å². The number of benzene rings is 2. The number of nitrogens with one attached hydrogen (secondary N) is 1. The fourth-order valence-electron chi connectivity index (χ4n) is 3.36. The molecule has 0 spiro atoms. The zero-order valence-electron chi connectivity index (χ0n) is 15.2. The maximum absolute atomic E-state index is 13.0. The van der Waals surface area contributed by atoms with Crippen LogP contribution in [-0.4, -0.2) is 32.1 Å². The van der Waals surface area contributed by atoms with Crippen LogP contribution >= 0.6 is 11.8 Å². The van der Waals surface area contributed by atoms with Crippen LogP contribution in [0.25, 0.3) is 11.0 Å². The number of nitrogens with zero attached hydrogens (tertiary/aromatic N) is 2. The summed E-state index contributed by atoms with van der Waals surface area (Å²) in [5.41, 5.74) is 0.765. The van der Waals surface area contributed by atoms with E-state index in [1.165, 1.54) is 12.1 Å². The van der Waals surface area contributed by atoms with E-state index in [2.05, 4.69) is 10.2 Å². The molecule has 1 amide bonds. The van der Waals surface area contributed by atoms with Crippen LogP contribution < -0.4 is 14.6 Å². The fourth-order valence-corrected chi connectivity index (χ4v) is 3.56. The molecule has 0 unspecified atom stereocenters. The second-order valence-electron chi connectivity index (χ2n) is 6.71. The molecule has 0 radical (unpaired) electrons. The Hall–Kier alpha value is -2.71. The highest BCUT2D eigenvalue weighted by molar-refractivity contribution is 6.39. The molecule has 9 heteroatoms. The number of halogens is 4. The summed E-state index contributed by atoms with van der Waals surface area (Å²) in [7, 11) is 0. The molecule has 29 heavy (non-hydrogen) atoms. The Kier molecular flexibility index (Phi) is 5.14. The molecule has 0 bridgehead atoms. The zero-order valence-corrected chi connectivity index (χ0v) is 15.9. The first-order valence-corrected chi connectivity index (χ1v) is 9.33. The van der Waals surface area contributed by atoms with Crippen molar-refractivity contribution in [2.75, 3.05) is 35.5 Å². The van der Waals surface area contributed by atoms with Crippen molar-refractivity contribution >= 4 is 40.0 Å². The SMILES string of the molecule is O=C(c1cccc(C(F)(F)F)c1)N(Cl)c1cc(N2CCNCC2)c2occc2c1. The van der Waals surface area contributed by atoms with E-state index in [4.69, 9.17) is 16.2 Å². The average Bonchev–Trinajstić information content (AvgIpc) is 3.21. The van der Waals surface area contributed by atoms with Gasteiger partial charge in [-0.05, 0) is 36.4 Å². The van der Waals surface area contributed by atoms with Gasteiger partial charge in [0.05, 0.1) is 23.2 Å². The number of fused-ring (bicyclic) bond motifs is 1. The highest BCUT2D eigenvalue weighted by Gasteiger charge is 2.31. The molecule has 0 aliphatic carbocycles. The lowest BCUT2D eigenvalue weighted by Gasteiger charge is -2.30. The van der Waals surface area contributed by atoms with E-state index in [1.54, 1.807) is 24.5 Å². The first kappa shape index (κ1) is 19.6. The minimum absolute atomic E-state index is 0.147. The first-order chi connectivity index (χ1) is 13.8. The van der Waals surface area contributed by atoms with Gasteiger partial charge in [-0.25, -0.2) is 4.42 Å². The summed E-state index contributed by atoms with van der Waals surface area (Å²) in [5.74, 6) is -0.744. The van der Waals surface area contributed by atoms with Gasteiger partial charge in [0.25, 0.3) is 5.91 Å². The van der Waals surface area contributed by atoms with Gasteiger partial charge in [0.15, 0.2) is 5.58 Å². The maximum Gasteiger partial charge on any atom is 0.416 e. The third-order valence-corrected chi connectivity index (χ3v) is 5.16. The summed E-state index contributed by atoms with van der Waals surface area (Å²) in [6.07, 6.45) is -2.99. The molecule has 2 heterocycles. The fraction of sp³-hybridized carbons (Fsp3) is 0.250. The van der Waals surface area contributed by atoms with Crippen LogP contribution in [0.15, 0.2) is 53.1 Å². The van der Waals surface area contributed by atoms with Crippen molar-refractivity contribution in [2.24, 2.45) is 0 Å². The van der Waals surface area contributed by atoms with E-state index in [0.29, 0.717) is 11.3 Å². The number of furan rings is 1. The topological polar surface area (TPSA) is 48.7 Å². The molecule has 4 rings (SSSR count). The highest BCUT2D eigenvalue weighted by Crippen LogP contribution is 2.35. The lowest BCUT2D eigenvalue weighted by molar-refractivity contribution is -0.137. The summed E-state index contributed by atoms with van der Waals surface area (Å²) >= 11 is 6.28. The molecule has 1 fully saturated rings. The monoisotopic (exact) mass is 423 g/mol. The van der Waals surface area contributed by atoms with Crippen molar-refractivity contribution in [3.05, 3.63) is 59.9 Å². The summed E-state index contributed by atoms with van der Waals surface area (Å²) in [4.78, 5) is 14.9. The number of hydrogen-bond donors (Lipinski definition) is 1. The number of carbonyl (C=O) groups is 1. The molecule has 1 aliphatic rings. The second kappa shape index (κ2) is 7.61. The third-order valence-electron chi connectivity index (χ3n) is 4.82. The second-order valence-corrected chi connectivity index (χ2v) is 7.04. The molecule has 2 aromatic carbocycles. The van der Waals surface area contributed by atoms with Crippen molar-refractivity contribution in [1.82, 2.24) is 5.32 Å². The van der Waals surface area contributed by atoms with Crippen LogP contribution in [0.5, 0.6) is 0 Å². The van der Waals surface area contributed by atoms with Gasteiger partial charge in [0, 0.05) is 48.9 Å². The number of amides is 1. The summed E-state index contributed by atoms with van der Waals surface area (Å²) in [6, 6.07) is 9.34. The van der Waals surface area contributed by atoms with Gasteiger partial charge in [-0.2, -0.15) is 13.2 Å². The minimum atomic E-state index is -4.54. The maximum atomic E-state index is 13.0. The molecule has 3 aromatic rings. The number of alkyl halides is 3. The Balaban J connectivity index is 1.70. The van der Waals surface area contributed by atoms with Crippen LogP contribution in [0, 0.1) is 0 Å². The molecular weight excluding hydrogens is 407 g/mol. The van der Waals surface area contributed by atoms with Gasteiger partial charge in [-0.15, -0.1) is 0 Å². The zero-order chi connectivity index (χ0) is 20.6. The lowest BCUT2D eigenvalue weighted by atomic mass is 10.1. The van der Waals surface area contributed by atoms with E-state index in [9.17, 15) is 18.0 Å². The number of anilines is 2. The summed E-state index contributed by atoms with van der Waals surface area (Å²) < 4.78 is 45.4. The number of rotatable bonds is 3. The molecule has 1 aromatic heterocycles. The molecule has 152 valence electrons. The number of piperazine rings is 1. The quantitative estimate of drug-likeness (QED) is 0.622.